The summed E-state index contributed by atoms with van der Waals surface area (Å²) in [5, 5.41) is 6.80. The Morgan fingerprint density at radius 2 is 2.00 bits per heavy atom. The molecule has 0 fully saturated rings. The maximum Gasteiger partial charge on any atom is 0.259 e. The van der Waals surface area contributed by atoms with Gasteiger partial charge < -0.3 is 10.1 Å². The van der Waals surface area contributed by atoms with Gasteiger partial charge in [-0.2, -0.15) is 5.10 Å². The summed E-state index contributed by atoms with van der Waals surface area (Å²) in [6, 6.07) is 13.7. The third-order valence-corrected chi connectivity index (χ3v) is 3.36. The van der Waals surface area contributed by atoms with Crippen LogP contribution in [-0.2, 0) is 4.79 Å². The lowest BCUT2D eigenvalue weighted by atomic mass is 10.2. The average Bonchev–Trinajstić information content (AvgIpc) is 2.65. The van der Waals surface area contributed by atoms with Crippen molar-refractivity contribution in [2.45, 2.75) is 0 Å². The van der Waals surface area contributed by atoms with E-state index < -0.39 is 11.8 Å². The van der Waals surface area contributed by atoms with Gasteiger partial charge in [0.05, 0.1) is 12.8 Å². The van der Waals surface area contributed by atoms with E-state index in [2.05, 4.69) is 22.4 Å². The lowest BCUT2D eigenvalue weighted by molar-refractivity contribution is -0.120. The molecular formula is C19H18ClN3O3. The van der Waals surface area contributed by atoms with Crippen LogP contribution in [0.3, 0.4) is 0 Å². The van der Waals surface area contributed by atoms with E-state index in [-0.39, 0.29) is 6.54 Å². The molecule has 2 N–H and O–H groups in total. The summed E-state index contributed by atoms with van der Waals surface area (Å²) in [6.07, 6.45) is 3.14. The maximum atomic E-state index is 11.9. The molecular weight excluding hydrogens is 354 g/mol. The molecule has 0 heterocycles. The minimum absolute atomic E-state index is 0.203. The summed E-state index contributed by atoms with van der Waals surface area (Å²) >= 11 is 5.83. The van der Waals surface area contributed by atoms with Crippen LogP contribution in [-0.4, -0.2) is 31.2 Å². The van der Waals surface area contributed by atoms with Gasteiger partial charge in [-0.15, -0.1) is 0 Å². The number of ether oxygens (including phenoxy) is 1. The van der Waals surface area contributed by atoms with Crippen molar-refractivity contribution in [1.29, 1.82) is 0 Å². The summed E-state index contributed by atoms with van der Waals surface area (Å²) in [5.74, 6) is -0.164. The second-order valence-electron chi connectivity index (χ2n) is 5.16. The van der Waals surface area contributed by atoms with Crippen LogP contribution in [0.2, 0.25) is 5.02 Å². The number of amides is 2. The topological polar surface area (TPSA) is 79.8 Å². The molecule has 0 aliphatic carbocycles. The van der Waals surface area contributed by atoms with E-state index in [9.17, 15) is 9.59 Å². The van der Waals surface area contributed by atoms with Crippen LogP contribution in [0.25, 0.3) is 0 Å². The Hall–Kier alpha value is -3.12. The van der Waals surface area contributed by atoms with Gasteiger partial charge in [-0.25, -0.2) is 5.43 Å². The first-order chi connectivity index (χ1) is 12.6. The second-order valence-corrected chi connectivity index (χ2v) is 5.59. The van der Waals surface area contributed by atoms with Gasteiger partial charge in [0, 0.05) is 10.6 Å². The summed E-state index contributed by atoms with van der Waals surface area (Å²) in [7, 11) is 0. The van der Waals surface area contributed by atoms with E-state index in [1.54, 1.807) is 30.3 Å². The Balaban J connectivity index is 1.80. The number of benzene rings is 2. The van der Waals surface area contributed by atoms with E-state index in [4.69, 9.17) is 16.3 Å². The molecule has 0 atom stereocenters. The molecule has 2 amide bonds. The Kier molecular flexibility index (Phi) is 7.39. The molecule has 0 bridgehead atoms. The Labute approximate surface area is 156 Å². The average molecular weight is 372 g/mol. The van der Waals surface area contributed by atoms with Crippen molar-refractivity contribution in [3.05, 3.63) is 77.3 Å². The molecule has 0 aliphatic heterocycles. The molecule has 2 rings (SSSR count). The number of halogens is 1. The first-order valence-corrected chi connectivity index (χ1v) is 8.15. The number of nitrogens with zero attached hydrogens (tertiary/aromatic N) is 1. The highest BCUT2D eigenvalue weighted by Gasteiger charge is 2.07. The summed E-state index contributed by atoms with van der Waals surface area (Å²) in [6.45, 7) is 3.79. The molecule has 2 aromatic rings. The van der Waals surface area contributed by atoms with Crippen molar-refractivity contribution in [3.8, 4) is 5.75 Å². The van der Waals surface area contributed by atoms with Gasteiger partial charge in [-0.1, -0.05) is 42.5 Å². The molecule has 26 heavy (non-hydrogen) atoms. The van der Waals surface area contributed by atoms with Crippen molar-refractivity contribution >= 4 is 29.6 Å². The van der Waals surface area contributed by atoms with Crippen LogP contribution in [0, 0.1) is 0 Å². The molecule has 0 saturated carbocycles. The molecule has 0 radical (unpaired) electrons. The lowest BCUT2D eigenvalue weighted by Gasteiger charge is -2.05. The monoisotopic (exact) mass is 371 g/mol. The van der Waals surface area contributed by atoms with E-state index in [0.29, 0.717) is 22.9 Å². The van der Waals surface area contributed by atoms with E-state index in [0.717, 1.165) is 5.56 Å². The predicted octanol–water partition coefficient (Wildman–Crippen LogP) is 2.78. The quantitative estimate of drug-likeness (QED) is 0.425. The third-order valence-electron chi connectivity index (χ3n) is 3.13. The Morgan fingerprint density at radius 3 is 2.77 bits per heavy atom. The number of rotatable bonds is 8. The Morgan fingerprint density at radius 1 is 1.19 bits per heavy atom. The van der Waals surface area contributed by atoms with Gasteiger partial charge in [0.15, 0.2) is 0 Å². The third kappa shape index (κ3) is 6.41. The fraction of sp³-hybridized carbons (Fsp3) is 0.105. The van der Waals surface area contributed by atoms with Gasteiger partial charge in [-0.05, 0) is 35.9 Å². The van der Waals surface area contributed by atoms with Crippen molar-refractivity contribution in [2.75, 3.05) is 13.2 Å². The smallest absolute Gasteiger partial charge is 0.259 e. The number of hydrazone groups is 1. The van der Waals surface area contributed by atoms with Gasteiger partial charge in [-0.3, -0.25) is 9.59 Å². The number of carbonyl (C=O) groups excluding carboxylic acids is 2. The first-order valence-electron chi connectivity index (χ1n) is 7.78. The second kappa shape index (κ2) is 10.0. The predicted molar refractivity (Wildman–Crippen MR) is 102 cm³/mol. The van der Waals surface area contributed by atoms with Crippen LogP contribution in [0.15, 0.2) is 66.3 Å². The van der Waals surface area contributed by atoms with Crippen LogP contribution in [0.4, 0.5) is 0 Å². The molecule has 0 unspecified atom stereocenters. The highest BCUT2D eigenvalue weighted by atomic mass is 35.5. The standard InChI is InChI=1S/C19H18ClN3O3/c1-2-9-26-17-8-3-5-14(10-17)12-22-23-18(24)13-21-19(25)15-6-4-7-16(20)11-15/h2-8,10-12H,1,9,13H2,(H,21,25)(H,23,24)/b22-12+. The molecule has 2 aromatic carbocycles. The molecule has 0 aromatic heterocycles. The zero-order valence-corrected chi connectivity index (χ0v) is 14.7. The molecule has 0 spiro atoms. The minimum Gasteiger partial charge on any atom is -0.490 e. The summed E-state index contributed by atoms with van der Waals surface area (Å²) in [4.78, 5) is 23.7. The van der Waals surface area contributed by atoms with Gasteiger partial charge in [0.1, 0.15) is 12.4 Å². The number of hydrogen-bond donors (Lipinski definition) is 2. The molecule has 0 aliphatic rings. The van der Waals surface area contributed by atoms with Crippen LogP contribution in [0.5, 0.6) is 5.75 Å². The molecule has 134 valence electrons. The Bertz CT molecular complexity index is 821. The van der Waals surface area contributed by atoms with Crippen LogP contribution < -0.4 is 15.5 Å². The summed E-state index contributed by atoms with van der Waals surface area (Å²) in [5.41, 5.74) is 3.48. The van der Waals surface area contributed by atoms with Gasteiger partial charge >= 0.3 is 0 Å². The van der Waals surface area contributed by atoms with Crippen molar-refractivity contribution in [1.82, 2.24) is 10.7 Å². The molecule has 7 heteroatoms. The zero-order valence-electron chi connectivity index (χ0n) is 13.9. The van der Waals surface area contributed by atoms with Crippen LogP contribution >= 0.6 is 11.6 Å². The summed E-state index contributed by atoms with van der Waals surface area (Å²) < 4.78 is 5.41. The fourth-order valence-corrected chi connectivity index (χ4v) is 2.14. The van der Waals surface area contributed by atoms with Crippen LogP contribution in [0.1, 0.15) is 15.9 Å². The van der Waals surface area contributed by atoms with Crippen molar-refractivity contribution < 1.29 is 14.3 Å². The number of nitrogens with one attached hydrogen (secondary N) is 2. The lowest BCUT2D eigenvalue weighted by Crippen LogP contribution is -2.34. The number of carbonyl (C=O) groups is 2. The normalized spacial score (nSPS) is 10.3. The first kappa shape index (κ1) is 19.2. The maximum absolute atomic E-state index is 11.9. The minimum atomic E-state index is -0.448. The van der Waals surface area contributed by atoms with E-state index in [1.165, 1.54) is 12.3 Å². The zero-order chi connectivity index (χ0) is 18.8. The van der Waals surface area contributed by atoms with E-state index in [1.807, 2.05) is 18.2 Å². The van der Waals surface area contributed by atoms with Gasteiger partial charge in [0.25, 0.3) is 11.8 Å². The molecule has 0 saturated heterocycles. The fourth-order valence-electron chi connectivity index (χ4n) is 1.95. The molecule has 6 nitrogen and oxygen atoms in total. The number of hydrogen-bond acceptors (Lipinski definition) is 4. The SMILES string of the molecule is C=CCOc1cccc(/C=N/NC(=O)CNC(=O)c2cccc(Cl)c2)c1. The van der Waals surface area contributed by atoms with E-state index >= 15 is 0 Å². The van der Waals surface area contributed by atoms with Gasteiger partial charge in [0.2, 0.25) is 0 Å². The highest BCUT2D eigenvalue weighted by Crippen LogP contribution is 2.12. The largest absolute Gasteiger partial charge is 0.490 e. The highest BCUT2D eigenvalue weighted by molar-refractivity contribution is 6.30. The van der Waals surface area contributed by atoms with Crippen molar-refractivity contribution in [3.63, 3.8) is 0 Å². The van der Waals surface area contributed by atoms with Crippen molar-refractivity contribution in [2.24, 2.45) is 5.10 Å².